The van der Waals surface area contributed by atoms with Crippen molar-refractivity contribution in [2.24, 2.45) is 0 Å². The number of aryl methyl sites for hydroxylation is 1. The van der Waals surface area contributed by atoms with Crippen molar-refractivity contribution in [3.8, 4) is 0 Å². The molecule has 0 spiro atoms. The number of ether oxygens (including phenoxy) is 1. The number of nitrogens with zero attached hydrogens (tertiary/aromatic N) is 3. The van der Waals surface area contributed by atoms with Crippen LogP contribution in [0.25, 0.3) is 11.0 Å². The van der Waals surface area contributed by atoms with Crippen molar-refractivity contribution in [1.29, 1.82) is 0 Å². The number of halogens is 2. The molecule has 134 valence electrons. The van der Waals surface area contributed by atoms with E-state index in [1.54, 1.807) is 35.0 Å². The Balaban J connectivity index is 1.62. The molecule has 0 aliphatic heterocycles. The zero-order valence-corrected chi connectivity index (χ0v) is 15.2. The van der Waals surface area contributed by atoms with Crippen LogP contribution in [-0.4, -0.2) is 33.5 Å². The summed E-state index contributed by atoms with van der Waals surface area (Å²) in [5, 5.41) is 11.3. The number of benzene rings is 2. The predicted octanol–water partition coefficient (Wildman–Crippen LogP) is 3.55. The van der Waals surface area contributed by atoms with Crippen molar-refractivity contribution in [3.63, 3.8) is 0 Å². The number of rotatable bonds is 5. The van der Waals surface area contributed by atoms with Gasteiger partial charge in [0, 0.05) is 11.6 Å². The molecule has 3 rings (SSSR count). The minimum Gasteiger partial charge on any atom is -0.452 e. The fraction of sp³-hybridized carbons (Fsp3) is 0.176. The maximum absolute atomic E-state index is 12.1. The molecule has 1 amide bonds. The van der Waals surface area contributed by atoms with Crippen LogP contribution in [0.15, 0.2) is 36.4 Å². The molecule has 9 heteroatoms. The molecule has 3 aromatic rings. The Labute approximate surface area is 158 Å². The third-order valence-corrected chi connectivity index (χ3v) is 4.14. The maximum Gasteiger partial charge on any atom is 0.338 e. The van der Waals surface area contributed by atoms with Gasteiger partial charge in [-0.2, -0.15) is 0 Å². The summed E-state index contributed by atoms with van der Waals surface area (Å²) in [5.74, 6) is -1.14. The van der Waals surface area contributed by atoms with E-state index in [1.165, 1.54) is 6.07 Å². The van der Waals surface area contributed by atoms with Gasteiger partial charge in [0.2, 0.25) is 0 Å². The molecule has 0 saturated heterocycles. The highest BCUT2D eigenvalue weighted by Gasteiger charge is 2.14. The molecule has 1 heterocycles. The third-order valence-electron chi connectivity index (χ3n) is 3.59. The van der Waals surface area contributed by atoms with Crippen molar-refractivity contribution in [2.75, 3.05) is 11.9 Å². The molecule has 1 aromatic heterocycles. The van der Waals surface area contributed by atoms with E-state index in [-0.39, 0.29) is 5.56 Å². The monoisotopic (exact) mass is 392 g/mol. The largest absolute Gasteiger partial charge is 0.452 e. The first kappa shape index (κ1) is 18.2. The van der Waals surface area contributed by atoms with Gasteiger partial charge in [-0.15, -0.1) is 5.10 Å². The summed E-state index contributed by atoms with van der Waals surface area (Å²) >= 11 is 11.8. The molecule has 2 aromatic carbocycles. The Hall–Kier alpha value is -2.64. The van der Waals surface area contributed by atoms with E-state index in [0.717, 1.165) is 5.52 Å². The summed E-state index contributed by atoms with van der Waals surface area (Å²) < 4.78 is 6.75. The van der Waals surface area contributed by atoms with Crippen LogP contribution in [0, 0.1) is 0 Å². The summed E-state index contributed by atoms with van der Waals surface area (Å²) in [6, 6.07) is 9.58. The van der Waals surface area contributed by atoms with Gasteiger partial charge in [0.1, 0.15) is 5.52 Å². The topological polar surface area (TPSA) is 86.1 Å². The highest BCUT2D eigenvalue weighted by molar-refractivity contribution is 6.36. The van der Waals surface area contributed by atoms with Crippen molar-refractivity contribution in [3.05, 3.63) is 52.0 Å². The molecular formula is C17H14Cl2N4O3. The van der Waals surface area contributed by atoms with Gasteiger partial charge in [-0.25, -0.2) is 9.48 Å². The minimum absolute atomic E-state index is 0.290. The lowest BCUT2D eigenvalue weighted by atomic mass is 10.2. The Bertz CT molecular complexity index is 987. The van der Waals surface area contributed by atoms with E-state index in [1.807, 2.05) is 6.92 Å². The molecule has 1 N–H and O–H groups in total. The van der Waals surface area contributed by atoms with E-state index in [0.29, 0.717) is 27.8 Å². The summed E-state index contributed by atoms with van der Waals surface area (Å²) in [7, 11) is 0. The van der Waals surface area contributed by atoms with Crippen molar-refractivity contribution in [1.82, 2.24) is 15.0 Å². The van der Waals surface area contributed by atoms with Crippen LogP contribution in [0.5, 0.6) is 0 Å². The fourth-order valence-corrected chi connectivity index (χ4v) is 2.78. The molecule has 0 aliphatic carbocycles. The van der Waals surface area contributed by atoms with Gasteiger partial charge in [-0.05, 0) is 43.3 Å². The van der Waals surface area contributed by atoms with Crippen LogP contribution in [-0.2, 0) is 16.1 Å². The van der Waals surface area contributed by atoms with E-state index >= 15 is 0 Å². The maximum atomic E-state index is 12.1. The third kappa shape index (κ3) is 3.95. The van der Waals surface area contributed by atoms with Gasteiger partial charge in [0.15, 0.2) is 6.61 Å². The average Bonchev–Trinajstić information content (AvgIpc) is 3.04. The van der Waals surface area contributed by atoms with Crippen LogP contribution in [0.4, 0.5) is 5.69 Å². The quantitative estimate of drug-likeness (QED) is 0.670. The van der Waals surface area contributed by atoms with Crippen LogP contribution >= 0.6 is 23.2 Å². The van der Waals surface area contributed by atoms with Crippen LogP contribution in [0.1, 0.15) is 17.3 Å². The lowest BCUT2D eigenvalue weighted by Crippen LogP contribution is -2.21. The SMILES string of the molecule is CCn1nnc2cc(C(=O)OCC(=O)Nc3ccc(Cl)cc3Cl)ccc21. The number of hydrogen-bond acceptors (Lipinski definition) is 5. The first-order valence-electron chi connectivity index (χ1n) is 7.73. The molecule has 0 aliphatic rings. The normalized spacial score (nSPS) is 10.7. The number of esters is 1. The smallest absolute Gasteiger partial charge is 0.338 e. The summed E-state index contributed by atoms with van der Waals surface area (Å²) in [4.78, 5) is 24.1. The lowest BCUT2D eigenvalue weighted by molar-refractivity contribution is -0.119. The zero-order valence-electron chi connectivity index (χ0n) is 13.7. The number of hydrogen-bond donors (Lipinski definition) is 1. The second-order valence-corrected chi connectivity index (χ2v) is 6.20. The van der Waals surface area contributed by atoms with Gasteiger partial charge in [0.05, 0.1) is 21.8 Å². The number of amides is 1. The molecule has 0 unspecified atom stereocenters. The molecule has 26 heavy (non-hydrogen) atoms. The van der Waals surface area contributed by atoms with Crippen molar-refractivity contribution >= 4 is 51.8 Å². The van der Waals surface area contributed by atoms with Gasteiger partial charge < -0.3 is 10.1 Å². The van der Waals surface area contributed by atoms with E-state index < -0.39 is 18.5 Å². The molecule has 0 fully saturated rings. The molecule has 0 atom stereocenters. The van der Waals surface area contributed by atoms with Crippen molar-refractivity contribution < 1.29 is 14.3 Å². The summed E-state index contributed by atoms with van der Waals surface area (Å²) in [5.41, 5.74) is 2.07. The highest BCUT2D eigenvalue weighted by Crippen LogP contribution is 2.25. The van der Waals surface area contributed by atoms with E-state index in [4.69, 9.17) is 27.9 Å². The minimum atomic E-state index is -0.629. The van der Waals surface area contributed by atoms with Gasteiger partial charge in [-0.3, -0.25) is 4.79 Å². The number of fused-ring (bicyclic) bond motifs is 1. The molecule has 7 nitrogen and oxygen atoms in total. The number of nitrogens with one attached hydrogen (secondary N) is 1. The zero-order chi connectivity index (χ0) is 18.7. The van der Waals surface area contributed by atoms with Crippen LogP contribution in [0.2, 0.25) is 10.0 Å². The van der Waals surface area contributed by atoms with E-state index in [9.17, 15) is 9.59 Å². The fourth-order valence-electron chi connectivity index (χ4n) is 2.32. The number of carbonyl (C=O) groups excluding carboxylic acids is 2. The molecular weight excluding hydrogens is 379 g/mol. The highest BCUT2D eigenvalue weighted by atomic mass is 35.5. The Morgan fingerprint density at radius 3 is 2.73 bits per heavy atom. The summed E-state index contributed by atoms with van der Waals surface area (Å²) in [6.07, 6.45) is 0. The van der Waals surface area contributed by atoms with Crippen LogP contribution in [0.3, 0.4) is 0 Å². The first-order valence-corrected chi connectivity index (χ1v) is 8.49. The Morgan fingerprint density at radius 2 is 2.00 bits per heavy atom. The van der Waals surface area contributed by atoms with Gasteiger partial charge in [-0.1, -0.05) is 28.4 Å². The number of aromatic nitrogens is 3. The second-order valence-electron chi connectivity index (χ2n) is 5.36. The van der Waals surface area contributed by atoms with E-state index in [2.05, 4.69) is 15.6 Å². The molecule has 0 saturated carbocycles. The Morgan fingerprint density at radius 1 is 1.19 bits per heavy atom. The first-order chi connectivity index (χ1) is 12.5. The number of carbonyl (C=O) groups is 2. The van der Waals surface area contributed by atoms with Gasteiger partial charge in [0.25, 0.3) is 5.91 Å². The molecule has 0 radical (unpaired) electrons. The lowest BCUT2D eigenvalue weighted by Gasteiger charge is -2.08. The van der Waals surface area contributed by atoms with Crippen LogP contribution < -0.4 is 5.32 Å². The standard InChI is InChI=1S/C17H14Cl2N4O3/c1-2-23-15-6-3-10(7-14(15)21-22-23)17(25)26-9-16(24)20-13-5-4-11(18)8-12(13)19/h3-8H,2,9H2,1H3,(H,20,24). The molecule has 0 bridgehead atoms. The predicted molar refractivity (Wildman–Crippen MR) is 98.6 cm³/mol. The Kier molecular flexibility index (Phi) is 5.39. The van der Waals surface area contributed by atoms with Gasteiger partial charge >= 0.3 is 5.97 Å². The van der Waals surface area contributed by atoms with Crippen molar-refractivity contribution in [2.45, 2.75) is 13.5 Å². The summed E-state index contributed by atoms with van der Waals surface area (Å²) in [6.45, 7) is 2.17. The second kappa shape index (κ2) is 7.72. The average molecular weight is 393 g/mol. The number of anilines is 1.